The van der Waals surface area contributed by atoms with Gasteiger partial charge in [0.15, 0.2) is 5.69 Å². The minimum Gasteiger partial charge on any atom is -0.480 e. The first-order chi connectivity index (χ1) is 11.5. The summed E-state index contributed by atoms with van der Waals surface area (Å²) in [5.74, 6) is -1.68. The van der Waals surface area contributed by atoms with Crippen LogP contribution in [0.5, 0.6) is 0 Å². The van der Waals surface area contributed by atoms with Gasteiger partial charge in [0.05, 0.1) is 5.52 Å². The van der Waals surface area contributed by atoms with Gasteiger partial charge < -0.3 is 10.4 Å². The molecular weight excluding hydrogens is 306 g/mol. The molecule has 2 aromatic rings. The minimum absolute atomic E-state index is 0.204. The Labute approximate surface area is 141 Å². The van der Waals surface area contributed by atoms with Crippen LogP contribution in [-0.2, 0) is 11.3 Å². The highest BCUT2D eigenvalue weighted by Crippen LogP contribution is 2.19. The SMILES string of the molecule is CCCCCn1nc(C(=O)N[C@H](C(=O)O)C(C)C)c2ccccc21. The average molecular weight is 331 g/mol. The minimum atomic E-state index is -1.04. The second kappa shape index (κ2) is 7.95. The van der Waals surface area contributed by atoms with E-state index in [0.717, 1.165) is 36.7 Å². The Morgan fingerprint density at radius 1 is 1.25 bits per heavy atom. The molecule has 0 spiro atoms. The largest absolute Gasteiger partial charge is 0.480 e. The van der Waals surface area contributed by atoms with Crippen molar-refractivity contribution in [1.82, 2.24) is 15.1 Å². The van der Waals surface area contributed by atoms with Gasteiger partial charge >= 0.3 is 5.97 Å². The standard InChI is InChI=1S/C18H25N3O3/c1-4-5-8-11-21-14-10-7-6-9-13(14)16(20-21)17(22)19-15(12(2)3)18(23)24/h6-7,9-10,12,15H,4-5,8,11H2,1-3H3,(H,19,22)(H,23,24)/t15-/m0/s1. The lowest BCUT2D eigenvalue weighted by Crippen LogP contribution is -2.44. The van der Waals surface area contributed by atoms with E-state index in [1.54, 1.807) is 13.8 Å². The highest BCUT2D eigenvalue weighted by Gasteiger charge is 2.26. The van der Waals surface area contributed by atoms with Gasteiger partial charge in [-0.15, -0.1) is 0 Å². The van der Waals surface area contributed by atoms with E-state index in [0.29, 0.717) is 0 Å². The van der Waals surface area contributed by atoms with E-state index in [-0.39, 0.29) is 11.6 Å². The molecule has 2 rings (SSSR count). The van der Waals surface area contributed by atoms with Crippen LogP contribution in [0.25, 0.3) is 10.9 Å². The van der Waals surface area contributed by atoms with E-state index >= 15 is 0 Å². The second-order valence-corrected chi connectivity index (χ2v) is 6.33. The maximum Gasteiger partial charge on any atom is 0.326 e. The number of rotatable bonds is 8. The van der Waals surface area contributed by atoms with Crippen LogP contribution in [0.1, 0.15) is 50.5 Å². The zero-order valence-corrected chi connectivity index (χ0v) is 14.5. The second-order valence-electron chi connectivity index (χ2n) is 6.33. The summed E-state index contributed by atoms with van der Waals surface area (Å²) >= 11 is 0. The predicted molar refractivity (Wildman–Crippen MR) is 93.0 cm³/mol. The highest BCUT2D eigenvalue weighted by molar-refractivity contribution is 6.05. The summed E-state index contributed by atoms with van der Waals surface area (Å²) in [7, 11) is 0. The van der Waals surface area contributed by atoms with Gasteiger partial charge in [-0.2, -0.15) is 5.10 Å². The third kappa shape index (κ3) is 3.93. The zero-order chi connectivity index (χ0) is 17.7. The van der Waals surface area contributed by atoms with Crippen LogP contribution >= 0.6 is 0 Å². The fourth-order valence-corrected chi connectivity index (χ4v) is 2.70. The Balaban J connectivity index is 2.30. The molecule has 0 saturated carbocycles. The van der Waals surface area contributed by atoms with Crippen molar-refractivity contribution in [2.75, 3.05) is 0 Å². The van der Waals surface area contributed by atoms with Crippen molar-refractivity contribution in [3.8, 4) is 0 Å². The van der Waals surface area contributed by atoms with E-state index < -0.39 is 17.9 Å². The molecule has 130 valence electrons. The Kier molecular flexibility index (Phi) is 5.95. The summed E-state index contributed by atoms with van der Waals surface area (Å²) in [4.78, 5) is 23.9. The number of amides is 1. The first kappa shape index (κ1) is 18.0. The van der Waals surface area contributed by atoms with Gasteiger partial charge in [0.25, 0.3) is 5.91 Å². The number of para-hydroxylation sites is 1. The number of unbranched alkanes of at least 4 members (excludes halogenated alkanes) is 2. The number of carbonyl (C=O) groups is 2. The molecule has 1 aromatic carbocycles. The highest BCUT2D eigenvalue weighted by atomic mass is 16.4. The Morgan fingerprint density at radius 2 is 1.96 bits per heavy atom. The van der Waals surface area contributed by atoms with Crippen molar-refractivity contribution >= 4 is 22.8 Å². The van der Waals surface area contributed by atoms with E-state index in [1.807, 2.05) is 28.9 Å². The number of aryl methyl sites for hydroxylation is 1. The van der Waals surface area contributed by atoms with Gasteiger partial charge in [-0.25, -0.2) is 4.79 Å². The van der Waals surface area contributed by atoms with Crippen LogP contribution < -0.4 is 5.32 Å². The molecule has 0 bridgehead atoms. The van der Waals surface area contributed by atoms with E-state index in [9.17, 15) is 14.7 Å². The van der Waals surface area contributed by atoms with Crippen LogP contribution in [0.3, 0.4) is 0 Å². The first-order valence-corrected chi connectivity index (χ1v) is 8.45. The number of carbonyl (C=O) groups excluding carboxylic acids is 1. The molecule has 6 nitrogen and oxygen atoms in total. The van der Waals surface area contributed by atoms with Gasteiger partial charge in [-0.1, -0.05) is 51.8 Å². The van der Waals surface area contributed by atoms with Crippen LogP contribution in [0.15, 0.2) is 24.3 Å². The fraction of sp³-hybridized carbons (Fsp3) is 0.500. The Hall–Kier alpha value is -2.37. The van der Waals surface area contributed by atoms with Gasteiger partial charge in [-0.05, 0) is 18.4 Å². The number of nitrogens with one attached hydrogen (secondary N) is 1. The third-order valence-electron chi connectivity index (χ3n) is 4.07. The topological polar surface area (TPSA) is 84.2 Å². The average Bonchev–Trinajstić information content (AvgIpc) is 2.91. The summed E-state index contributed by atoms with van der Waals surface area (Å²) in [6.45, 7) is 6.41. The number of nitrogens with zero attached hydrogens (tertiary/aromatic N) is 2. The van der Waals surface area contributed by atoms with E-state index in [1.165, 1.54) is 0 Å². The number of fused-ring (bicyclic) bond motifs is 1. The maximum atomic E-state index is 12.6. The van der Waals surface area contributed by atoms with Gasteiger partial charge in [0.2, 0.25) is 0 Å². The van der Waals surface area contributed by atoms with E-state index in [4.69, 9.17) is 0 Å². The van der Waals surface area contributed by atoms with Crippen LogP contribution in [-0.4, -0.2) is 32.8 Å². The molecule has 0 fully saturated rings. The van der Waals surface area contributed by atoms with Gasteiger partial charge in [0, 0.05) is 11.9 Å². The lowest BCUT2D eigenvalue weighted by molar-refractivity contribution is -0.140. The quantitative estimate of drug-likeness (QED) is 0.728. The number of hydrogen-bond donors (Lipinski definition) is 2. The summed E-state index contributed by atoms with van der Waals surface area (Å²) in [6.07, 6.45) is 3.21. The summed E-state index contributed by atoms with van der Waals surface area (Å²) < 4.78 is 1.84. The normalized spacial score (nSPS) is 12.5. The Bertz CT molecular complexity index is 721. The molecule has 1 heterocycles. The van der Waals surface area contributed by atoms with Gasteiger partial charge in [-0.3, -0.25) is 9.48 Å². The lowest BCUT2D eigenvalue weighted by atomic mass is 10.0. The zero-order valence-electron chi connectivity index (χ0n) is 14.5. The molecule has 0 unspecified atom stereocenters. The summed E-state index contributed by atoms with van der Waals surface area (Å²) in [5, 5.41) is 17.0. The molecule has 0 saturated heterocycles. The smallest absolute Gasteiger partial charge is 0.326 e. The number of aliphatic carboxylic acids is 1. The van der Waals surface area contributed by atoms with Crippen LogP contribution in [0.2, 0.25) is 0 Å². The number of hydrogen-bond acceptors (Lipinski definition) is 3. The molecule has 6 heteroatoms. The van der Waals surface area contributed by atoms with Gasteiger partial charge in [0.1, 0.15) is 6.04 Å². The van der Waals surface area contributed by atoms with Crippen molar-refractivity contribution in [3.05, 3.63) is 30.0 Å². The van der Waals surface area contributed by atoms with Crippen molar-refractivity contribution in [1.29, 1.82) is 0 Å². The number of carboxylic acids is 1. The molecule has 0 aliphatic carbocycles. The van der Waals surface area contributed by atoms with Crippen LogP contribution in [0, 0.1) is 5.92 Å². The fourth-order valence-electron chi connectivity index (χ4n) is 2.70. The molecule has 1 atom stereocenters. The molecule has 0 radical (unpaired) electrons. The van der Waals surface area contributed by atoms with Crippen molar-refractivity contribution in [3.63, 3.8) is 0 Å². The molecule has 1 amide bonds. The molecule has 0 aliphatic heterocycles. The monoisotopic (exact) mass is 331 g/mol. The predicted octanol–water partition coefficient (Wildman–Crippen LogP) is 3.07. The van der Waals surface area contributed by atoms with Crippen molar-refractivity contribution < 1.29 is 14.7 Å². The molecule has 0 aliphatic rings. The summed E-state index contributed by atoms with van der Waals surface area (Å²) in [6, 6.07) is 6.62. The first-order valence-electron chi connectivity index (χ1n) is 8.45. The molecular formula is C18H25N3O3. The number of benzene rings is 1. The Morgan fingerprint density at radius 3 is 2.58 bits per heavy atom. The maximum absolute atomic E-state index is 12.6. The lowest BCUT2D eigenvalue weighted by Gasteiger charge is -2.17. The molecule has 2 N–H and O–H groups in total. The summed E-state index contributed by atoms with van der Waals surface area (Å²) in [5.41, 5.74) is 1.18. The third-order valence-corrected chi connectivity index (χ3v) is 4.07. The number of carboxylic acid groups (broad SMARTS) is 1. The van der Waals surface area contributed by atoms with Crippen molar-refractivity contribution in [2.45, 2.75) is 52.6 Å². The van der Waals surface area contributed by atoms with Crippen LogP contribution in [0.4, 0.5) is 0 Å². The van der Waals surface area contributed by atoms with Crippen molar-refractivity contribution in [2.24, 2.45) is 5.92 Å². The molecule has 24 heavy (non-hydrogen) atoms. The number of aromatic nitrogens is 2. The van der Waals surface area contributed by atoms with E-state index in [2.05, 4.69) is 17.3 Å². The molecule has 1 aromatic heterocycles.